The smallest absolute Gasteiger partial charge is 0.260 e. The highest BCUT2D eigenvalue weighted by Gasteiger charge is 2.47. The van der Waals surface area contributed by atoms with Gasteiger partial charge in [-0.3, -0.25) is 0 Å². The molecule has 142 valence electrons. The van der Waals surface area contributed by atoms with Crippen LogP contribution in [-0.4, -0.2) is 41.1 Å². The molecule has 3 aliphatic rings. The first kappa shape index (κ1) is 17.1. The molecule has 0 amide bonds. The number of aromatic nitrogens is 2. The molecule has 7 nitrogen and oxygen atoms in total. The van der Waals surface area contributed by atoms with Crippen LogP contribution in [0.25, 0.3) is 6.08 Å². The zero-order valence-electron chi connectivity index (χ0n) is 14.8. The lowest BCUT2D eigenvalue weighted by Crippen LogP contribution is -2.35. The number of sulfonamides is 1. The van der Waals surface area contributed by atoms with Crippen molar-refractivity contribution in [1.29, 1.82) is 0 Å². The minimum atomic E-state index is -3.64. The Morgan fingerprint density at radius 2 is 2.04 bits per heavy atom. The molecule has 0 unspecified atom stereocenters. The normalized spacial score (nSPS) is 26.0. The largest absolute Gasteiger partial charge is 0.379 e. The zero-order valence-corrected chi connectivity index (χ0v) is 15.7. The highest BCUT2D eigenvalue weighted by molar-refractivity contribution is 7.93. The molecule has 1 aliphatic heterocycles. The third-order valence-electron chi connectivity index (χ3n) is 5.68. The van der Waals surface area contributed by atoms with Crippen molar-refractivity contribution in [3.8, 4) is 0 Å². The fraction of sp³-hybridized carbons (Fsp3) is 0.474. The van der Waals surface area contributed by atoms with Gasteiger partial charge in [-0.2, -0.15) is 9.29 Å². The van der Waals surface area contributed by atoms with Crippen LogP contribution in [0.4, 0.5) is 0 Å². The van der Waals surface area contributed by atoms with E-state index in [-0.39, 0.29) is 25.4 Å². The molecule has 1 N–H and O–H groups in total. The number of β-amino-alcohol motifs (C(OH)–C–C–N with tert-alkyl or cyclic N) is 1. The number of aliphatic hydroxyl groups is 1. The molecule has 27 heavy (non-hydrogen) atoms. The van der Waals surface area contributed by atoms with E-state index >= 15 is 0 Å². The molecule has 0 spiro atoms. The summed E-state index contributed by atoms with van der Waals surface area (Å²) in [5.74, 6) is 1.07. The van der Waals surface area contributed by atoms with Gasteiger partial charge in [0.05, 0.1) is 11.4 Å². The molecule has 1 aromatic heterocycles. The Labute approximate surface area is 157 Å². The quantitative estimate of drug-likeness (QED) is 0.864. The fourth-order valence-electron chi connectivity index (χ4n) is 3.85. The second-order valence-corrected chi connectivity index (χ2v) is 9.65. The number of benzene rings is 1. The number of hydrogen-bond donors (Lipinski definition) is 1. The summed E-state index contributed by atoms with van der Waals surface area (Å²) in [7, 11) is -3.64. The van der Waals surface area contributed by atoms with Gasteiger partial charge in [0.2, 0.25) is 10.0 Å². The summed E-state index contributed by atoms with van der Waals surface area (Å²) in [5, 5.41) is 14.9. The highest BCUT2D eigenvalue weighted by Crippen LogP contribution is 2.41. The molecular formula is C19H21N3O4S. The summed E-state index contributed by atoms with van der Waals surface area (Å²) in [4.78, 5) is 4.72. The number of aryl methyl sites for hydroxylation is 1. The summed E-state index contributed by atoms with van der Waals surface area (Å²) in [6.45, 7) is 0.180. The average molecular weight is 387 g/mol. The molecule has 8 heteroatoms. The Morgan fingerprint density at radius 3 is 2.85 bits per heavy atom. The van der Waals surface area contributed by atoms with E-state index in [0.29, 0.717) is 29.5 Å². The van der Waals surface area contributed by atoms with Crippen LogP contribution < -0.4 is 0 Å². The maximum atomic E-state index is 13.1. The van der Waals surface area contributed by atoms with E-state index in [1.54, 1.807) is 6.08 Å². The summed E-state index contributed by atoms with van der Waals surface area (Å²) >= 11 is 0. The Kier molecular flexibility index (Phi) is 3.79. The van der Waals surface area contributed by atoms with Crippen molar-refractivity contribution in [2.75, 3.05) is 13.1 Å². The number of hydrogen-bond acceptors (Lipinski definition) is 6. The van der Waals surface area contributed by atoms with Crippen molar-refractivity contribution in [2.45, 2.75) is 43.6 Å². The average Bonchev–Trinajstić information content (AvgIpc) is 3.24. The van der Waals surface area contributed by atoms with Crippen molar-refractivity contribution in [3.63, 3.8) is 0 Å². The van der Waals surface area contributed by atoms with Crippen LogP contribution in [0.3, 0.4) is 0 Å². The molecule has 1 atom stereocenters. The van der Waals surface area contributed by atoms with E-state index in [4.69, 9.17) is 4.52 Å². The minimum Gasteiger partial charge on any atom is -0.379 e. The highest BCUT2D eigenvalue weighted by atomic mass is 32.2. The van der Waals surface area contributed by atoms with Gasteiger partial charge in [0.1, 0.15) is 0 Å². The first-order chi connectivity index (χ1) is 13.0. The van der Waals surface area contributed by atoms with Crippen LogP contribution >= 0.6 is 0 Å². The van der Waals surface area contributed by atoms with Crippen molar-refractivity contribution in [1.82, 2.24) is 14.4 Å². The topological polar surface area (TPSA) is 96.5 Å². The van der Waals surface area contributed by atoms with E-state index in [2.05, 4.69) is 10.1 Å². The number of allylic oxidation sites excluding steroid dienone is 1. The Hall–Kier alpha value is -2.03. The lowest BCUT2D eigenvalue weighted by Gasteiger charge is -2.23. The number of fused-ring (bicyclic) bond motifs is 1. The molecule has 5 rings (SSSR count). The van der Waals surface area contributed by atoms with Crippen molar-refractivity contribution in [2.24, 2.45) is 0 Å². The summed E-state index contributed by atoms with van der Waals surface area (Å²) in [6, 6.07) is 7.83. The predicted octanol–water partition coefficient (Wildman–Crippen LogP) is 2.16. The summed E-state index contributed by atoms with van der Waals surface area (Å²) < 4.78 is 32.8. The third kappa shape index (κ3) is 2.92. The first-order valence-corrected chi connectivity index (χ1v) is 10.7. The monoisotopic (exact) mass is 387 g/mol. The van der Waals surface area contributed by atoms with E-state index < -0.39 is 15.6 Å². The second-order valence-electron chi connectivity index (χ2n) is 7.66. The van der Waals surface area contributed by atoms with Gasteiger partial charge in [-0.05, 0) is 42.9 Å². The van der Waals surface area contributed by atoms with Crippen LogP contribution in [-0.2, 0) is 22.0 Å². The molecule has 0 bridgehead atoms. The SMILES string of the molecule is O=S(=O)(C1=Cc2ccccc2CC1)N1CC[C@@](O)(c2nc(C3CC3)no2)C1. The molecule has 0 radical (unpaired) electrons. The molecule has 2 aliphatic carbocycles. The second kappa shape index (κ2) is 5.98. The van der Waals surface area contributed by atoms with E-state index in [9.17, 15) is 13.5 Å². The Balaban J connectivity index is 1.39. The van der Waals surface area contributed by atoms with Crippen molar-refractivity contribution < 1.29 is 18.0 Å². The van der Waals surface area contributed by atoms with Gasteiger partial charge in [0.25, 0.3) is 5.89 Å². The molecule has 1 saturated carbocycles. The molecule has 1 aromatic carbocycles. The Morgan fingerprint density at radius 1 is 1.22 bits per heavy atom. The molecule has 1 saturated heterocycles. The summed E-state index contributed by atoms with van der Waals surface area (Å²) in [5.41, 5.74) is 0.691. The minimum absolute atomic E-state index is 0.0549. The zero-order chi connectivity index (χ0) is 18.6. The van der Waals surface area contributed by atoms with Gasteiger partial charge < -0.3 is 9.63 Å². The van der Waals surface area contributed by atoms with Crippen LogP contribution in [0.1, 0.15) is 54.4 Å². The van der Waals surface area contributed by atoms with Crippen LogP contribution in [0.15, 0.2) is 33.7 Å². The number of rotatable bonds is 4. The van der Waals surface area contributed by atoms with Gasteiger partial charge in [-0.1, -0.05) is 29.4 Å². The lowest BCUT2D eigenvalue weighted by molar-refractivity contribution is 0.0194. The van der Waals surface area contributed by atoms with E-state index in [1.165, 1.54) is 4.31 Å². The van der Waals surface area contributed by atoms with Crippen LogP contribution in [0.5, 0.6) is 0 Å². The molecule has 2 fully saturated rings. The molecule has 2 aromatic rings. The van der Waals surface area contributed by atoms with E-state index in [0.717, 1.165) is 24.0 Å². The molecule has 2 heterocycles. The number of nitrogens with zero attached hydrogens (tertiary/aromatic N) is 3. The summed E-state index contributed by atoms with van der Waals surface area (Å²) in [6.07, 6.45) is 5.25. The van der Waals surface area contributed by atoms with Crippen LogP contribution in [0.2, 0.25) is 0 Å². The fourth-order valence-corrected chi connectivity index (χ4v) is 5.53. The molecular weight excluding hydrogens is 366 g/mol. The maximum Gasteiger partial charge on any atom is 0.260 e. The van der Waals surface area contributed by atoms with Crippen molar-refractivity contribution >= 4 is 16.1 Å². The van der Waals surface area contributed by atoms with Gasteiger partial charge in [-0.25, -0.2) is 8.42 Å². The van der Waals surface area contributed by atoms with Crippen LogP contribution in [0, 0.1) is 0 Å². The van der Waals surface area contributed by atoms with Gasteiger partial charge in [0, 0.05) is 18.9 Å². The van der Waals surface area contributed by atoms with Gasteiger partial charge in [-0.15, -0.1) is 0 Å². The van der Waals surface area contributed by atoms with Gasteiger partial charge in [0.15, 0.2) is 11.4 Å². The van der Waals surface area contributed by atoms with Gasteiger partial charge >= 0.3 is 0 Å². The van der Waals surface area contributed by atoms with Crippen molar-refractivity contribution in [3.05, 3.63) is 52.0 Å². The third-order valence-corrected chi connectivity index (χ3v) is 7.65. The first-order valence-electron chi connectivity index (χ1n) is 9.31. The predicted molar refractivity (Wildman–Crippen MR) is 98.0 cm³/mol. The maximum absolute atomic E-state index is 13.1. The van der Waals surface area contributed by atoms with E-state index in [1.807, 2.05) is 24.3 Å². The lowest BCUT2D eigenvalue weighted by atomic mass is 9.98. The Bertz CT molecular complexity index is 1030. The standard InChI is InChI=1S/C19H21N3O4S/c23-19(18-20-17(21-26-18)14-5-6-14)9-10-22(12-19)27(24,25)16-8-7-13-3-1-2-4-15(13)11-16/h1-4,11,14,23H,5-10,12H2/t19-/m0/s1.